The second kappa shape index (κ2) is 5.05. The molecule has 0 atom stereocenters. The summed E-state index contributed by atoms with van der Waals surface area (Å²) in [4.78, 5) is 2.90. The maximum absolute atomic E-state index is 8.87. The zero-order chi connectivity index (χ0) is 10.6. The molecule has 82 valence electrons. The average molecular weight is 216 g/mol. The van der Waals surface area contributed by atoms with Crippen LogP contribution in [-0.4, -0.2) is 41.2 Å². The predicted octanol–water partition coefficient (Wildman–Crippen LogP) is 0.757. The van der Waals surface area contributed by atoms with Gasteiger partial charge in [-0.2, -0.15) is 0 Å². The van der Waals surface area contributed by atoms with Crippen LogP contribution in [0.3, 0.4) is 0 Å². The summed E-state index contributed by atoms with van der Waals surface area (Å²) >= 11 is 4.95. The van der Waals surface area contributed by atoms with Gasteiger partial charge in [0.1, 0.15) is 0 Å². The standard InChI is InChI=1S/C10H20N2OS/c1-2-12(5-6-13)8-10(3-4-10)7-9(11)14/h13H,2-8H2,1H3,(H2,11,14). The van der Waals surface area contributed by atoms with Crippen molar-refractivity contribution in [1.29, 1.82) is 0 Å². The van der Waals surface area contributed by atoms with E-state index in [2.05, 4.69) is 11.8 Å². The van der Waals surface area contributed by atoms with E-state index in [-0.39, 0.29) is 6.61 Å². The van der Waals surface area contributed by atoms with Gasteiger partial charge in [0.25, 0.3) is 0 Å². The highest BCUT2D eigenvalue weighted by Gasteiger charge is 2.43. The molecule has 4 heteroatoms. The van der Waals surface area contributed by atoms with Crippen LogP contribution < -0.4 is 5.73 Å². The van der Waals surface area contributed by atoms with E-state index in [1.165, 1.54) is 12.8 Å². The van der Waals surface area contributed by atoms with Crippen LogP contribution in [0.15, 0.2) is 0 Å². The van der Waals surface area contributed by atoms with Crippen molar-refractivity contribution in [2.24, 2.45) is 11.1 Å². The molecule has 3 nitrogen and oxygen atoms in total. The van der Waals surface area contributed by atoms with Crippen molar-refractivity contribution in [3.8, 4) is 0 Å². The van der Waals surface area contributed by atoms with E-state index in [1.54, 1.807) is 0 Å². The van der Waals surface area contributed by atoms with Crippen LogP contribution in [0.4, 0.5) is 0 Å². The van der Waals surface area contributed by atoms with E-state index in [4.69, 9.17) is 23.1 Å². The number of aliphatic hydroxyl groups excluding tert-OH is 1. The fourth-order valence-electron chi connectivity index (χ4n) is 1.90. The topological polar surface area (TPSA) is 49.5 Å². The Kier molecular flexibility index (Phi) is 4.29. The third kappa shape index (κ3) is 3.52. The quantitative estimate of drug-likeness (QED) is 0.617. The largest absolute Gasteiger partial charge is 0.395 e. The molecule has 14 heavy (non-hydrogen) atoms. The van der Waals surface area contributed by atoms with Gasteiger partial charge in [0, 0.05) is 19.5 Å². The Hall–Kier alpha value is -0.190. The van der Waals surface area contributed by atoms with Gasteiger partial charge in [-0.1, -0.05) is 19.1 Å². The number of rotatable bonds is 7. The van der Waals surface area contributed by atoms with Crippen LogP contribution in [0.25, 0.3) is 0 Å². The number of likely N-dealkylation sites (N-methyl/N-ethyl adjacent to an activating group) is 1. The van der Waals surface area contributed by atoms with Crippen LogP contribution in [0, 0.1) is 5.41 Å². The molecular formula is C10H20N2OS. The van der Waals surface area contributed by atoms with Crippen molar-refractivity contribution >= 4 is 17.2 Å². The molecular weight excluding hydrogens is 196 g/mol. The zero-order valence-corrected chi connectivity index (χ0v) is 9.65. The number of nitrogens with two attached hydrogens (primary N) is 1. The first kappa shape index (κ1) is 11.9. The fraction of sp³-hybridized carbons (Fsp3) is 0.900. The molecule has 1 rings (SSSR count). The van der Waals surface area contributed by atoms with Gasteiger partial charge in [-0.15, -0.1) is 0 Å². The van der Waals surface area contributed by atoms with Crippen molar-refractivity contribution in [3.05, 3.63) is 0 Å². The smallest absolute Gasteiger partial charge is 0.0733 e. The van der Waals surface area contributed by atoms with Crippen LogP contribution in [-0.2, 0) is 0 Å². The summed E-state index contributed by atoms with van der Waals surface area (Å²) in [5.74, 6) is 0. The summed E-state index contributed by atoms with van der Waals surface area (Å²) in [6.45, 7) is 5.13. The van der Waals surface area contributed by atoms with Gasteiger partial charge in [0.05, 0.1) is 11.6 Å². The van der Waals surface area contributed by atoms with Crippen molar-refractivity contribution in [2.45, 2.75) is 26.2 Å². The Balaban J connectivity index is 2.37. The van der Waals surface area contributed by atoms with E-state index in [0.29, 0.717) is 10.4 Å². The molecule has 3 N–H and O–H groups in total. The third-order valence-electron chi connectivity index (χ3n) is 2.93. The van der Waals surface area contributed by atoms with E-state index in [0.717, 1.165) is 26.1 Å². The normalized spacial score (nSPS) is 18.5. The molecule has 0 spiro atoms. The summed E-state index contributed by atoms with van der Waals surface area (Å²) in [6.07, 6.45) is 3.32. The Morgan fingerprint density at radius 3 is 2.57 bits per heavy atom. The second-order valence-corrected chi connectivity index (χ2v) is 4.76. The fourth-order valence-corrected chi connectivity index (χ4v) is 2.21. The molecule has 0 amide bonds. The number of aliphatic hydroxyl groups is 1. The van der Waals surface area contributed by atoms with E-state index >= 15 is 0 Å². The Labute approximate surface area is 91.3 Å². The monoisotopic (exact) mass is 216 g/mol. The third-order valence-corrected chi connectivity index (χ3v) is 3.07. The number of nitrogens with zero attached hydrogens (tertiary/aromatic N) is 1. The summed E-state index contributed by atoms with van der Waals surface area (Å²) in [7, 11) is 0. The summed E-state index contributed by atoms with van der Waals surface area (Å²) in [5.41, 5.74) is 5.92. The van der Waals surface area contributed by atoms with Crippen LogP contribution in [0.2, 0.25) is 0 Å². The first-order valence-corrected chi connectivity index (χ1v) is 5.64. The van der Waals surface area contributed by atoms with Gasteiger partial charge in [-0.25, -0.2) is 0 Å². The maximum Gasteiger partial charge on any atom is 0.0733 e. The molecule has 0 aromatic carbocycles. The zero-order valence-electron chi connectivity index (χ0n) is 8.83. The number of thiocarbonyl (C=S) groups is 1. The molecule has 1 saturated carbocycles. The Morgan fingerprint density at radius 2 is 2.21 bits per heavy atom. The Morgan fingerprint density at radius 1 is 1.57 bits per heavy atom. The molecule has 1 fully saturated rings. The van der Waals surface area contributed by atoms with Crippen molar-refractivity contribution in [3.63, 3.8) is 0 Å². The van der Waals surface area contributed by atoms with Gasteiger partial charge in [-0.3, -0.25) is 0 Å². The highest BCUT2D eigenvalue weighted by molar-refractivity contribution is 7.80. The van der Waals surface area contributed by atoms with E-state index in [1.807, 2.05) is 0 Å². The van der Waals surface area contributed by atoms with Gasteiger partial charge < -0.3 is 15.7 Å². The second-order valence-electron chi connectivity index (χ2n) is 4.24. The minimum absolute atomic E-state index is 0.233. The predicted molar refractivity (Wildman–Crippen MR) is 62.3 cm³/mol. The minimum Gasteiger partial charge on any atom is -0.395 e. The highest BCUT2D eigenvalue weighted by Crippen LogP contribution is 2.49. The Bertz CT molecular complexity index is 204. The molecule has 0 radical (unpaired) electrons. The molecule has 0 aliphatic heterocycles. The SMILES string of the molecule is CCN(CCO)CC1(CC(N)=S)CC1. The minimum atomic E-state index is 0.233. The maximum atomic E-state index is 8.87. The van der Waals surface area contributed by atoms with Crippen LogP contribution in [0.5, 0.6) is 0 Å². The molecule has 0 aromatic rings. The van der Waals surface area contributed by atoms with Gasteiger partial charge in [0.2, 0.25) is 0 Å². The molecule has 0 bridgehead atoms. The van der Waals surface area contributed by atoms with Gasteiger partial charge >= 0.3 is 0 Å². The molecule has 0 heterocycles. The highest BCUT2D eigenvalue weighted by atomic mass is 32.1. The molecule has 1 aliphatic carbocycles. The average Bonchev–Trinajstić information content (AvgIpc) is 2.83. The molecule has 1 aliphatic rings. The summed E-state index contributed by atoms with van der Waals surface area (Å²) in [6, 6.07) is 0. The number of hydrogen-bond donors (Lipinski definition) is 2. The van der Waals surface area contributed by atoms with Crippen LogP contribution >= 0.6 is 12.2 Å². The molecule has 0 unspecified atom stereocenters. The van der Waals surface area contributed by atoms with Crippen molar-refractivity contribution in [2.75, 3.05) is 26.2 Å². The number of hydrogen-bond acceptors (Lipinski definition) is 3. The molecule has 0 saturated heterocycles. The lowest BCUT2D eigenvalue weighted by atomic mass is 10.0. The lowest BCUT2D eigenvalue weighted by Gasteiger charge is -2.25. The van der Waals surface area contributed by atoms with Gasteiger partial charge in [0.15, 0.2) is 0 Å². The molecule has 0 aromatic heterocycles. The van der Waals surface area contributed by atoms with E-state index in [9.17, 15) is 0 Å². The first-order chi connectivity index (χ1) is 6.62. The van der Waals surface area contributed by atoms with Crippen molar-refractivity contribution < 1.29 is 5.11 Å². The lowest BCUT2D eigenvalue weighted by molar-refractivity contribution is 0.176. The van der Waals surface area contributed by atoms with Crippen molar-refractivity contribution in [1.82, 2.24) is 4.90 Å². The van der Waals surface area contributed by atoms with Gasteiger partial charge in [-0.05, 0) is 24.8 Å². The summed E-state index contributed by atoms with van der Waals surface area (Å²) in [5, 5.41) is 8.87. The lowest BCUT2D eigenvalue weighted by Crippen LogP contribution is -2.34. The van der Waals surface area contributed by atoms with Crippen LogP contribution in [0.1, 0.15) is 26.2 Å². The summed E-state index contributed by atoms with van der Waals surface area (Å²) < 4.78 is 0. The van der Waals surface area contributed by atoms with E-state index < -0.39 is 0 Å². The first-order valence-electron chi connectivity index (χ1n) is 5.23.